The zero-order valence-corrected chi connectivity index (χ0v) is 22.5. The first-order valence-corrected chi connectivity index (χ1v) is 15.0. The molecule has 0 atom stereocenters. The number of carbonyl (C=O) groups excluding carboxylic acids is 2. The van der Waals surface area contributed by atoms with E-state index in [0.29, 0.717) is 6.42 Å². The van der Waals surface area contributed by atoms with Crippen LogP contribution in [-0.4, -0.2) is 64.3 Å². The minimum atomic E-state index is -3.88. The number of nitrogens with one attached hydrogen (secondary N) is 1. The van der Waals surface area contributed by atoms with Gasteiger partial charge in [0.05, 0.1) is 29.0 Å². The molecule has 1 aromatic carbocycles. The van der Waals surface area contributed by atoms with Crippen molar-refractivity contribution < 1.29 is 31.2 Å². The van der Waals surface area contributed by atoms with Gasteiger partial charge in [0.1, 0.15) is 12.3 Å². The largest absolute Gasteiger partial charge is 0.457 e. The zero-order valence-electron chi connectivity index (χ0n) is 20.9. The first kappa shape index (κ1) is 28.1. The van der Waals surface area contributed by atoms with Crippen molar-refractivity contribution in [2.45, 2.75) is 31.6 Å². The molecule has 200 valence electrons. The maximum atomic E-state index is 13.4. The number of hydrogen-bond acceptors (Lipinski definition) is 8. The second-order valence-electron chi connectivity index (χ2n) is 9.00. The molecular formula is C24H30N4O7S2. The highest BCUT2D eigenvalue weighted by Gasteiger charge is 2.30. The van der Waals surface area contributed by atoms with E-state index < -0.39 is 37.5 Å². The summed E-state index contributed by atoms with van der Waals surface area (Å²) in [6, 6.07) is 7.15. The number of anilines is 1. The number of rotatable bonds is 11. The fraction of sp³-hybridized carbons (Fsp3) is 0.375. The molecule has 1 amide bonds. The van der Waals surface area contributed by atoms with E-state index in [1.165, 1.54) is 40.0 Å². The normalized spacial score (nSPS) is 14.4. The Bertz CT molecular complexity index is 1440. The van der Waals surface area contributed by atoms with Crippen LogP contribution in [0.4, 0.5) is 11.4 Å². The van der Waals surface area contributed by atoms with Crippen LogP contribution in [0.15, 0.2) is 59.1 Å². The van der Waals surface area contributed by atoms with Crippen LogP contribution in [0.1, 0.15) is 37.2 Å². The van der Waals surface area contributed by atoms with Crippen LogP contribution >= 0.6 is 0 Å². The molecule has 0 saturated carbocycles. The average Bonchev–Trinajstić information content (AvgIpc) is 3.26. The number of aromatic nitrogens is 1. The first-order chi connectivity index (χ1) is 17.3. The molecule has 0 radical (unpaired) electrons. The lowest BCUT2D eigenvalue weighted by Gasteiger charge is -2.27. The Morgan fingerprint density at radius 1 is 1.30 bits per heavy atom. The van der Waals surface area contributed by atoms with Crippen molar-refractivity contribution in [2.75, 3.05) is 34.9 Å². The van der Waals surface area contributed by atoms with Crippen LogP contribution in [-0.2, 0) is 29.4 Å². The lowest BCUT2D eigenvalue weighted by Crippen LogP contribution is -2.44. The van der Waals surface area contributed by atoms with Gasteiger partial charge in [-0.1, -0.05) is 26.5 Å². The van der Waals surface area contributed by atoms with Crippen molar-refractivity contribution >= 4 is 48.8 Å². The molecule has 0 unspecified atom stereocenters. The Kier molecular flexibility index (Phi) is 8.59. The van der Waals surface area contributed by atoms with Crippen LogP contribution in [0.3, 0.4) is 0 Å². The van der Waals surface area contributed by atoms with E-state index in [1.807, 2.05) is 13.8 Å². The fourth-order valence-corrected chi connectivity index (χ4v) is 5.73. The molecule has 0 bridgehead atoms. The maximum Gasteiger partial charge on any atom is 0.357 e. The molecule has 13 heteroatoms. The van der Waals surface area contributed by atoms with Gasteiger partial charge in [0.15, 0.2) is 9.84 Å². The van der Waals surface area contributed by atoms with Crippen LogP contribution in [0.5, 0.6) is 0 Å². The summed E-state index contributed by atoms with van der Waals surface area (Å²) in [5.41, 5.74) is 0.506. The van der Waals surface area contributed by atoms with Crippen LogP contribution in [0, 0.1) is 5.92 Å². The molecule has 3 rings (SSSR count). The van der Waals surface area contributed by atoms with E-state index in [9.17, 15) is 26.4 Å². The third-order valence-corrected chi connectivity index (χ3v) is 7.64. The summed E-state index contributed by atoms with van der Waals surface area (Å²) in [5.74, 6) is -1.30. The SMILES string of the molecule is C=CCOC(=O)c1cccn1N(CCC(C)C)C(=O)CC1=Nc2ccc(NS(C)(=O)=O)cc2S(=O)(=O)C1. The van der Waals surface area contributed by atoms with E-state index in [-0.39, 0.29) is 53.2 Å². The summed E-state index contributed by atoms with van der Waals surface area (Å²) in [7, 11) is -7.48. The summed E-state index contributed by atoms with van der Waals surface area (Å²) in [6.07, 6.45) is 4.30. The monoisotopic (exact) mass is 550 g/mol. The van der Waals surface area contributed by atoms with Crippen molar-refractivity contribution in [3.63, 3.8) is 0 Å². The zero-order chi connectivity index (χ0) is 27.4. The lowest BCUT2D eigenvalue weighted by molar-refractivity contribution is -0.119. The molecule has 0 saturated heterocycles. The molecule has 2 aromatic rings. The molecule has 1 aliphatic heterocycles. The number of sulfone groups is 1. The third kappa shape index (κ3) is 7.29. The van der Waals surface area contributed by atoms with Crippen molar-refractivity contribution in [2.24, 2.45) is 10.9 Å². The topological polar surface area (TPSA) is 144 Å². The number of aliphatic imine (C=N–C) groups is 1. The number of hydrogen-bond donors (Lipinski definition) is 1. The van der Waals surface area contributed by atoms with Gasteiger partial charge in [0.25, 0.3) is 0 Å². The summed E-state index contributed by atoms with van der Waals surface area (Å²) < 4.78 is 57.8. The number of ether oxygens (including phenoxy) is 1. The summed E-state index contributed by atoms with van der Waals surface area (Å²) in [5, 5.41) is 1.38. The Hall–Kier alpha value is -3.45. The number of benzene rings is 1. The lowest BCUT2D eigenvalue weighted by atomic mass is 10.1. The van der Waals surface area contributed by atoms with Crippen molar-refractivity contribution in [3.05, 3.63) is 54.9 Å². The minimum Gasteiger partial charge on any atom is -0.457 e. The molecule has 0 spiro atoms. The van der Waals surface area contributed by atoms with Crippen molar-refractivity contribution in [3.8, 4) is 0 Å². The van der Waals surface area contributed by atoms with E-state index in [0.717, 1.165) is 6.26 Å². The Morgan fingerprint density at radius 2 is 2.03 bits per heavy atom. The Balaban J connectivity index is 1.91. The molecule has 0 aliphatic carbocycles. The van der Waals surface area contributed by atoms with Crippen LogP contribution < -0.4 is 9.73 Å². The average molecular weight is 551 g/mol. The number of nitrogens with zero attached hydrogens (tertiary/aromatic N) is 3. The molecular weight excluding hydrogens is 520 g/mol. The molecule has 2 heterocycles. The molecule has 1 N–H and O–H groups in total. The predicted octanol–water partition coefficient (Wildman–Crippen LogP) is 2.66. The van der Waals surface area contributed by atoms with Gasteiger partial charge in [-0.15, -0.1) is 0 Å². The fourth-order valence-electron chi connectivity index (χ4n) is 3.68. The molecule has 37 heavy (non-hydrogen) atoms. The van der Waals surface area contributed by atoms with Crippen LogP contribution in [0.2, 0.25) is 0 Å². The van der Waals surface area contributed by atoms with Gasteiger partial charge in [-0.3, -0.25) is 19.2 Å². The van der Waals surface area contributed by atoms with Crippen molar-refractivity contribution in [1.82, 2.24) is 4.68 Å². The van der Waals surface area contributed by atoms with Gasteiger partial charge in [-0.2, -0.15) is 0 Å². The van der Waals surface area contributed by atoms with Gasteiger partial charge in [0, 0.05) is 24.1 Å². The second-order valence-corrected chi connectivity index (χ2v) is 12.7. The molecule has 1 aromatic heterocycles. The minimum absolute atomic E-state index is 0.0133. The summed E-state index contributed by atoms with van der Waals surface area (Å²) >= 11 is 0. The number of esters is 1. The third-order valence-electron chi connectivity index (χ3n) is 5.32. The summed E-state index contributed by atoms with van der Waals surface area (Å²) in [4.78, 5) is 30.2. The molecule has 0 fully saturated rings. The number of amides is 1. The van der Waals surface area contributed by atoms with E-state index in [2.05, 4.69) is 16.3 Å². The van der Waals surface area contributed by atoms with Gasteiger partial charge in [-0.25, -0.2) is 26.6 Å². The van der Waals surface area contributed by atoms with Crippen LogP contribution in [0.25, 0.3) is 0 Å². The van der Waals surface area contributed by atoms with Gasteiger partial charge < -0.3 is 4.74 Å². The molecule has 1 aliphatic rings. The second kappa shape index (κ2) is 11.3. The smallest absolute Gasteiger partial charge is 0.357 e. The Labute approximate surface area is 216 Å². The van der Waals surface area contributed by atoms with E-state index >= 15 is 0 Å². The van der Waals surface area contributed by atoms with Gasteiger partial charge in [-0.05, 0) is 42.7 Å². The van der Waals surface area contributed by atoms with Gasteiger partial charge in [0.2, 0.25) is 15.9 Å². The number of sulfonamides is 1. The summed E-state index contributed by atoms with van der Waals surface area (Å²) in [6.45, 7) is 7.81. The maximum absolute atomic E-state index is 13.4. The van der Waals surface area contributed by atoms with E-state index in [1.54, 1.807) is 12.3 Å². The highest BCUT2D eigenvalue weighted by atomic mass is 32.2. The quantitative estimate of drug-likeness (QED) is 0.334. The number of carbonyl (C=O) groups is 2. The predicted molar refractivity (Wildman–Crippen MR) is 141 cm³/mol. The Morgan fingerprint density at radius 3 is 2.68 bits per heavy atom. The highest BCUT2D eigenvalue weighted by Crippen LogP contribution is 2.33. The van der Waals surface area contributed by atoms with Crippen molar-refractivity contribution in [1.29, 1.82) is 0 Å². The first-order valence-electron chi connectivity index (χ1n) is 11.5. The standard InChI is InChI=1S/C24H30N4O7S2/c1-5-13-35-24(30)21-7-6-11-27(21)28(12-10-17(2)3)23(29)15-19-16-37(33,34)22-14-18(26-36(4,31)32)8-9-20(22)25-19/h5-9,11,14,17,26H,1,10,12-13,15-16H2,2-4H3. The number of fused-ring (bicyclic) bond motifs is 1. The highest BCUT2D eigenvalue weighted by molar-refractivity contribution is 7.92. The molecule has 11 nitrogen and oxygen atoms in total. The van der Waals surface area contributed by atoms with Gasteiger partial charge >= 0.3 is 5.97 Å². The van der Waals surface area contributed by atoms with E-state index in [4.69, 9.17) is 4.74 Å².